The van der Waals surface area contributed by atoms with Gasteiger partial charge in [0.15, 0.2) is 5.75 Å². The van der Waals surface area contributed by atoms with E-state index in [1.807, 2.05) is 30.3 Å². The van der Waals surface area contributed by atoms with E-state index in [9.17, 15) is 0 Å². The van der Waals surface area contributed by atoms with Crippen molar-refractivity contribution in [3.63, 3.8) is 0 Å². The van der Waals surface area contributed by atoms with Crippen LogP contribution in [0.5, 0.6) is 17.2 Å². The number of ether oxygens (including phenoxy) is 2. The van der Waals surface area contributed by atoms with Crippen molar-refractivity contribution in [3.8, 4) is 17.2 Å². The van der Waals surface area contributed by atoms with Gasteiger partial charge in [0.05, 0.1) is 22.3 Å². The number of halogens is 2. The Morgan fingerprint density at radius 1 is 1.19 bits per heavy atom. The predicted octanol–water partition coefficient (Wildman–Crippen LogP) is 6.71. The largest absolute Gasteiger partial charge is 0.496 e. The van der Waals surface area contributed by atoms with Crippen molar-refractivity contribution < 1.29 is 14.3 Å². The molecule has 2 rings (SSSR count). The van der Waals surface area contributed by atoms with E-state index < -0.39 is 0 Å². The number of methoxy groups -OCH3 is 1. The summed E-state index contributed by atoms with van der Waals surface area (Å²) in [6.45, 7) is 8.19. The fourth-order valence-electron chi connectivity index (χ4n) is 2.40. The Bertz CT molecular complexity index is 755. The maximum Gasteiger partial charge on any atom is 0.155 e. The lowest BCUT2D eigenvalue weighted by Crippen LogP contribution is -1.98. The summed E-state index contributed by atoms with van der Waals surface area (Å²) >= 11 is 7.12. The van der Waals surface area contributed by atoms with E-state index >= 15 is 0 Å². The summed E-state index contributed by atoms with van der Waals surface area (Å²) in [7, 11) is 1.69. The van der Waals surface area contributed by atoms with Crippen molar-refractivity contribution in [2.45, 2.75) is 26.2 Å². The average Bonchev–Trinajstić information content (AvgIpc) is 2.64. The lowest BCUT2D eigenvalue weighted by molar-refractivity contribution is 0.175. The van der Waals surface area contributed by atoms with E-state index in [2.05, 4.69) is 57.8 Å². The van der Waals surface area contributed by atoms with Crippen LogP contribution in [0.25, 0.3) is 0 Å². The molecule has 1 atom stereocenters. The summed E-state index contributed by atoms with van der Waals surface area (Å²) in [6, 6.07) is 9.70. The maximum absolute atomic E-state index is 6.12. The molecule has 6 heteroatoms. The second-order valence-corrected chi connectivity index (χ2v) is 7.41. The first-order chi connectivity index (χ1) is 12.5. The van der Waals surface area contributed by atoms with Gasteiger partial charge in [-0.2, -0.15) is 0 Å². The number of hydrogen-bond acceptors (Lipinski definition) is 4. The molecule has 0 N–H and O–H groups in total. The van der Waals surface area contributed by atoms with E-state index in [-0.39, 0.29) is 6.61 Å². The number of benzene rings is 2. The second kappa shape index (κ2) is 9.97. The normalized spacial score (nSPS) is 12.2. The molecule has 0 aliphatic carbocycles. The molecular formula is C20H22Br2NO3. The van der Waals surface area contributed by atoms with Crippen LogP contribution in [0, 0.1) is 6.92 Å². The third kappa shape index (κ3) is 5.24. The Balaban J connectivity index is 2.30. The van der Waals surface area contributed by atoms with Crippen molar-refractivity contribution in [3.05, 3.63) is 57.3 Å². The Labute approximate surface area is 171 Å². The first-order valence-electron chi connectivity index (χ1n) is 8.29. The predicted molar refractivity (Wildman–Crippen MR) is 113 cm³/mol. The van der Waals surface area contributed by atoms with E-state index in [0.717, 1.165) is 38.0 Å². The van der Waals surface area contributed by atoms with Crippen LogP contribution in [-0.2, 0) is 4.84 Å². The van der Waals surface area contributed by atoms with Gasteiger partial charge in [-0.05, 0) is 87.0 Å². The molecule has 0 aliphatic heterocycles. The van der Waals surface area contributed by atoms with Gasteiger partial charge in [0, 0.05) is 5.56 Å². The summed E-state index contributed by atoms with van der Waals surface area (Å²) in [4.78, 5) is 4.90. The molecule has 139 valence electrons. The van der Waals surface area contributed by atoms with Gasteiger partial charge in [-0.3, -0.25) is 0 Å². The summed E-state index contributed by atoms with van der Waals surface area (Å²) in [5.41, 5.74) is 2.01. The van der Waals surface area contributed by atoms with Gasteiger partial charge < -0.3 is 14.3 Å². The highest BCUT2D eigenvalue weighted by Crippen LogP contribution is 2.39. The minimum atomic E-state index is 0.288. The van der Waals surface area contributed by atoms with Crippen molar-refractivity contribution in [2.24, 2.45) is 5.16 Å². The lowest BCUT2D eigenvalue weighted by atomic mass is 9.97. The summed E-state index contributed by atoms with van der Waals surface area (Å²) in [5.74, 6) is 2.71. The fourth-order valence-corrected chi connectivity index (χ4v) is 3.78. The highest BCUT2D eigenvalue weighted by atomic mass is 79.9. The summed E-state index contributed by atoms with van der Waals surface area (Å²) in [6.07, 6.45) is 2.65. The highest BCUT2D eigenvalue weighted by molar-refractivity contribution is 9.11. The SMILES string of the molecule is [CH2]CO/N=C\c1cc(Br)c(Oc2ccc(OC)c(C(C)CC)c2)c(Br)c1. The molecule has 0 spiro atoms. The summed E-state index contributed by atoms with van der Waals surface area (Å²) in [5, 5.41) is 3.83. The first kappa shape index (κ1) is 20.8. The Morgan fingerprint density at radius 3 is 2.46 bits per heavy atom. The minimum Gasteiger partial charge on any atom is -0.496 e. The molecule has 2 aromatic carbocycles. The molecule has 0 aliphatic rings. The Morgan fingerprint density at radius 2 is 1.88 bits per heavy atom. The van der Waals surface area contributed by atoms with Gasteiger partial charge in [-0.1, -0.05) is 19.0 Å². The molecule has 0 bridgehead atoms. The smallest absolute Gasteiger partial charge is 0.155 e. The van der Waals surface area contributed by atoms with Crippen molar-refractivity contribution >= 4 is 38.1 Å². The zero-order valence-electron chi connectivity index (χ0n) is 15.1. The van der Waals surface area contributed by atoms with Gasteiger partial charge in [-0.15, -0.1) is 0 Å². The highest BCUT2D eigenvalue weighted by Gasteiger charge is 2.14. The molecule has 0 fully saturated rings. The van der Waals surface area contributed by atoms with Gasteiger partial charge in [0.2, 0.25) is 0 Å². The van der Waals surface area contributed by atoms with Crippen LogP contribution in [0.2, 0.25) is 0 Å². The molecule has 0 heterocycles. The molecule has 2 aromatic rings. The van der Waals surface area contributed by atoms with Crippen LogP contribution in [0.15, 0.2) is 44.4 Å². The topological polar surface area (TPSA) is 40.0 Å². The third-order valence-corrected chi connectivity index (χ3v) is 5.13. The van der Waals surface area contributed by atoms with Crippen molar-refractivity contribution in [1.29, 1.82) is 0 Å². The molecule has 4 nitrogen and oxygen atoms in total. The first-order valence-corrected chi connectivity index (χ1v) is 9.88. The van der Waals surface area contributed by atoms with Crippen LogP contribution in [-0.4, -0.2) is 19.9 Å². The van der Waals surface area contributed by atoms with Crippen LogP contribution >= 0.6 is 31.9 Å². The zero-order chi connectivity index (χ0) is 19.1. The second-order valence-electron chi connectivity index (χ2n) is 5.70. The zero-order valence-corrected chi connectivity index (χ0v) is 18.3. The molecule has 0 amide bonds. The Kier molecular flexibility index (Phi) is 7.97. The van der Waals surface area contributed by atoms with E-state index in [4.69, 9.17) is 14.3 Å². The molecule has 1 unspecified atom stereocenters. The van der Waals surface area contributed by atoms with E-state index in [1.54, 1.807) is 13.3 Å². The molecular weight excluding hydrogens is 462 g/mol. The van der Waals surface area contributed by atoms with Gasteiger partial charge >= 0.3 is 0 Å². The molecule has 0 saturated carbocycles. The Hall–Kier alpha value is -1.53. The van der Waals surface area contributed by atoms with Crippen LogP contribution in [0.3, 0.4) is 0 Å². The fraction of sp³-hybridized carbons (Fsp3) is 0.300. The number of oxime groups is 1. The van der Waals surface area contributed by atoms with Crippen LogP contribution in [0.4, 0.5) is 0 Å². The number of nitrogens with zero attached hydrogens (tertiary/aromatic N) is 1. The van der Waals surface area contributed by atoms with Crippen LogP contribution in [0.1, 0.15) is 37.3 Å². The van der Waals surface area contributed by atoms with E-state index in [1.165, 1.54) is 0 Å². The van der Waals surface area contributed by atoms with Crippen molar-refractivity contribution in [1.82, 2.24) is 0 Å². The standard InChI is InChI=1S/C20H22Br2NO3/c1-5-13(3)16-11-15(7-8-19(16)24-4)26-20-17(21)9-14(10-18(20)22)12-23-25-6-2/h7-13H,2,5-6H2,1,3-4H3/b23-12-. The van der Waals surface area contributed by atoms with E-state index in [0.29, 0.717) is 11.7 Å². The quantitative estimate of drug-likeness (QED) is 0.309. The lowest BCUT2D eigenvalue weighted by Gasteiger charge is -2.17. The molecule has 0 saturated heterocycles. The molecule has 26 heavy (non-hydrogen) atoms. The maximum atomic E-state index is 6.12. The number of rotatable bonds is 8. The van der Waals surface area contributed by atoms with Gasteiger partial charge in [-0.25, -0.2) is 0 Å². The number of hydrogen-bond donors (Lipinski definition) is 0. The van der Waals surface area contributed by atoms with Gasteiger partial charge in [0.1, 0.15) is 18.1 Å². The third-order valence-electron chi connectivity index (χ3n) is 3.95. The monoisotopic (exact) mass is 482 g/mol. The average molecular weight is 484 g/mol. The summed E-state index contributed by atoms with van der Waals surface area (Å²) < 4.78 is 13.2. The van der Waals surface area contributed by atoms with Gasteiger partial charge in [0.25, 0.3) is 0 Å². The van der Waals surface area contributed by atoms with Crippen molar-refractivity contribution in [2.75, 3.05) is 13.7 Å². The molecule has 1 radical (unpaired) electrons. The van der Waals surface area contributed by atoms with Crippen LogP contribution < -0.4 is 9.47 Å². The molecule has 0 aromatic heterocycles. The minimum absolute atomic E-state index is 0.288.